The zero-order chi connectivity index (χ0) is 12.3. The van der Waals surface area contributed by atoms with E-state index < -0.39 is 0 Å². The normalized spacial score (nSPS) is 17.1. The Hall–Kier alpha value is -1.14. The fraction of sp³-hybridized carbons (Fsp3) is 0.818. The lowest BCUT2D eigenvalue weighted by atomic mass is 10.4. The van der Waals surface area contributed by atoms with Crippen molar-refractivity contribution in [1.29, 1.82) is 0 Å². The van der Waals surface area contributed by atoms with Crippen LogP contribution in [0.25, 0.3) is 0 Å². The number of hydrogen-bond donors (Lipinski definition) is 1. The van der Waals surface area contributed by atoms with Gasteiger partial charge in [-0.15, -0.1) is 5.10 Å². The highest BCUT2D eigenvalue weighted by Gasteiger charge is 2.21. The number of aromatic nitrogens is 2. The van der Waals surface area contributed by atoms with Gasteiger partial charge in [-0.1, -0.05) is 5.10 Å². The second kappa shape index (κ2) is 5.46. The topological polar surface area (TPSA) is 77.4 Å². The van der Waals surface area contributed by atoms with Gasteiger partial charge in [-0.25, -0.2) is 0 Å². The van der Waals surface area contributed by atoms with E-state index in [0.717, 1.165) is 19.1 Å². The van der Waals surface area contributed by atoms with Crippen LogP contribution in [0.3, 0.4) is 0 Å². The van der Waals surface area contributed by atoms with Gasteiger partial charge in [0.15, 0.2) is 0 Å². The van der Waals surface area contributed by atoms with Crippen molar-refractivity contribution in [2.45, 2.75) is 25.8 Å². The van der Waals surface area contributed by atoms with Crippen molar-refractivity contribution >= 4 is 6.01 Å². The van der Waals surface area contributed by atoms with Crippen LogP contribution in [0.2, 0.25) is 0 Å². The van der Waals surface area contributed by atoms with E-state index in [4.69, 9.17) is 14.9 Å². The molecule has 0 radical (unpaired) electrons. The second-order valence-electron chi connectivity index (χ2n) is 4.65. The van der Waals surface area contributed by atoms with Gasteiger partial charge in [0.2, 0.25) is 5.89 Å². The Morgan fingerprint density at radius 2 is 2.29 bits per heavy atom. The lowest BCUT2D eigenvalue weighted by molar-refractivity contribution is 0.130. The molecular formula is C11H20N4O2. The molecule has 1 aromatic rings. The standard InChI is InChI=1S/C11H20N4O2/c1-8(12)10-13-14-11(17-10)15(2)5-6-16-7-9-3-4-9/h8-9H,3-7,12H2,1-2H3. The van der Waals surface area contributed by atoms with Crippen molar-refractivity contribution in [3.63, 3.8) is 0 Å². The first-order chi connectivity index (χ1) is 8.16. The van der Waals surface area contributed by atoms with Gasteiger partial charge in [-0.2, -0.15) is 0 Å². The molecule has 6 heteroatoms. The molecule has 2 N–H and O–H groups in total. The molecule has 0 amide bonds. The number of likely N-dealkylation sites (N-methyl/N-ethyl adjacent to an activating group) is 1. The summed E-state index contributed by atoms with van der Waals surface area (Å²) in [5.41, 5.74) is 5.65. The SMILES string of the molecule is CC(N)c1nnc(N(C)CCOCC2CC2)o1. The van der Waals surface area contributed by atoms with Crippen LogP contribution in [-0.2, 0) is 4.74 Å². The van der Waals surface area contributed by atoms with Crippen molar-refractivity contribution in [3.05, 3.63) is 5.89 Å². The van der Waals surface area contributed by atoms with E-state index in [2.05, 4.69) is 10.2 Å². The molecule has 17 heavy (non-hydrogen) atoms. The molecule has 0 spiro atoms. The monoisotopic (exact) mass is 240 g/mol. The van der Waals surface area contributed by atoms with Gasteiger partial charge < -0.3 is 19.8 Å². The summed E-state index contributed by atoms with van der Waals surface area (Å²) in [5, 5.41) is 7.82. The summed E-state index contributed by atoms with van der Waals surface area (Å²) in [6, 6.07) is 0.267. The van der Waals surface area contributed by atoms with Gasteiger partial charge in [0.05, 0.1) is 12.6 Å². The van der Waals surface area contributed by atoms with E-state index in [9.17, 15) is 0 Å². The Bertz CT molecular complexity index is 349. The van der Waals surface area contributed by atoms with E-state index in [-0.39, 0.29) is 6.04 Å². The van der Waals surface area contributed by atoms with E-state index in [0.29, 0.717) is 18.5 Å². The number of hydrogen-bond acceptors (Lipinski definition) is 6. The molecule has 0 saturated heterocycles. The summed E-state index contributed by atoms with van der Waals surface area (Å²) >= 11 is 0. The molecule has 1 aliphatic rings. The molecule has 1 aliphatic carbocycles. The highest BCUT2D eigenvalue weighted by molar-refractivity contribution is 5.21. The summed E-state index contributed by atoms with van der Waals surface area (Å²) in [6.45, 7) is 4.12. The van der Waals surface area contributed by atoms with Crippen LogP contribution in [0.1, 0.15) is 31.7 Å². The number of nitrogens with zero attached hydrogens (tertiary/aromatic N) is 3. The molecule has 1 saturated carbocycles. The highest BCUT2D eigenvalue weighted by Crippen LogP contribution is 2.28. The molecule has 1 aromatic heterocycles. The van der Waals surface area contributed by atoms with E-state index >= 15 is 0 Å². The summed E-state index contributed by atoms with van der Waals surface area (Å²) in [7, 11) is 1.90. The molecule has 2 rings (SSSR count). The number of ether oxygens (including phenoxy) is 1. The van der Waals surface area contributed by atoms with Crippen molar-refractivity contribution in [2.75, 3.05) is 31.7 Å². The summed E-state index contributed by atoms with van der Waals surface area (Å²) < 4.78 is 11.0. The van der Waals surface area contributed by atoms with E-state index in [1.807, 2.05) is 18.9 Å². The third-order valence-corrected chi connectivity index (χ3v) is 2.77. The van der Waals surface area contributed by atoms with Gasteiger partial charge in [-0.3, -0.25) is 0 Å². The van der Waals surface area contributed by atoms with Crippen LogP contribution >= 0.6 is 0 Å². The highest BCUT2D eigenvalue weighted by atomic mass is 16.5. The fourth-order valence-corrected chi connectivity index (χ4v) is 1.40. The molecule has 1 fully saturated rings. The average Bonchev–Trinajstić information content (AvgIpc) is 2.97. The Morgan fingerprint density at radius 1 is 1.53 bits per heavy atom. The van der Waals surface area contributed by atoms with Crippen LogP contribution in [0.5, 0.6) is 0 Å². The summed E-state index contributed by atoms with van der Waals surface area (Å²) in [6.07, 6.45) is 2.63. The zero-order valence-electron chi connectivity index (χ0n) is 10.4. The first-order valence-corrected chi connectivity index (χ1v) is 6.04. The number of nitrogens with two attached hydrogens (primary N) is 1. The molecule has 0 bridgehead atoms. The van der Waals surface area contributed by atoms with E-state index in [1.54, 1.807) is 0 Å². The van der Waals surface area contributed by atoms with Crippen LogP contribution in [-0.4, -0.2) is 37.0 Å². The lowest BCUT2D eigenvalue weighted by Crippen LogP contribution is -2.23. The van der Waals surface area contributed by atoms with Crippen LogP contribution < -0.4 is 10.6 Å². The maximum atomic E-state index is 5.65. The zero-order valence-corrected chi connectivity index (χ0v) is 10.4. The molecule has 0 aromatic carbocycles. The third-order valence-electron chi connectivity index (χ3n) is 2.77. The van der Waals surface area contributed by atoms with Gasteiger partial charge >= 0.3 is 6.01 Å². The Morgan fingerprint density at radius 3 is 2.88 bits per heavy atom. The fourth-order valence-electron chi connectivity index (χ4n) is 1.40. The maximum Gasteiger partial charge on any atom is 0.318 e. The van der Waals surface area contributed by atoms with Crippen LogP contribution in [0, 0.1) is 5.92 Å². The Labute approximate surface area is 101 Å². The smallest absolute Gasteiger partial charge is 0.318 e. The second-order valence-corrected chi connectivity index (χ2v) is 4.65. The van der Waals surface area contributed by atoms with Gasteiger partial charge in [0, 0.05) is 20.2 Å². The van der Waals surface area contributed by atoms with Crippen LogP contribution in [0.4, 0.5) is 6.01 Å². The van der Waals surface area contributed by atoms with Crippen molar-refractivity contribution in [1.82, 2.24) is 10.2 Å². The lowest BCUT2D eigenvalue weighted by Gasteiger charge is -2.13. The number of anilines is 1. The molecule has 96 valence electrons. The molecule has 1 atom stereocenters. The van der Waals surface area contributed by atoms with Gasteiger partial charge in [-0.05, 0) is 25.7 Å². The minimum absolute atomic E-state index is 0.226. The largest absolute Gasteiger partial charge is 0.406 e. The third kappa shape index (κ3) is 3.67. The molecule has 1 unspecified atom stereocenters. The predicted molar refractivity (Wildman–Crippen MR) is 63.7 cm³/mol. The van der Waals surface area contributed by atoms with Crippen molar-refractivity contribution in [3.8, 4) is 0 Å². The van der Waals surface area contributed by atoms with Crippen molar-refractivity contribution in [2.24, 2.45) is 11.7 Å². The Balaban J connectivity index is 1.71. The van der Waals surface area contributed by atoms with Gasteiger partial charge in [0.25, 0.3) is 0 Å². The molecule has 0 aliphatic heterocycles. The molecule has 1 heterocycles. The maximum absolute atomic E-state index is 5.65. The summed E-state index contributed by atoms with van der Waals surface area (Å²) in [4.78, 5) is 1.88. The van der Waals surface area contributed by atoms with E-state index in [1.165, 1.54) is 12.8 Å². The van der Waals surface area contributed by atoms with Crippen molar-refractivity contribution < 1.29 is 9.15 Å². The minimum atomic E-state index is -0.226. The first-order valence-electron chi connectivity index (χ1n) is 6.04. The quantitative estimate of drug-likeness (QED) is 0.715. The molecule has 6 nitrogen and oxygen atoms in total. The van der Waals surface area contributed by atoms with Gasteiger partial charge in [0.1, 0.15) is 0 Å². The Kier molecular flexibility index (Phi) is 3.96. The average molecular weight is 240 g/mol. The molecular weight excluding hydrogens is 220 g/mol. The number of rotatable bonds is 7. The predicted octanol–water partition coefficient (Wildman–Crippen LogP) is 0.952. The first kappa shape index (κ1) is 12.3. The summed E-state index contributed by atoms with van der Waals surface area (Å²) in [5.74, 6) is 1.26. The minimum Gasteiger partial charge on any atom is -0.406 e. The van der Waals surface area contributed by atoms with Crippen LogP contribution in [0.15, 0.2) is 4.42 Å².